The van der Waals surface area contributed by atoms with Gasteiger partial charge in [0.15, 0.2) is 11.5 Å². The maximum absolute atomic E-state index is 4.81. The van der Waals surface area contributed by atoms with Crippen LogP contribution in [0.25, 0.3) is 27.8 Å². The predicted molar refractivity (Wildman–Crippen MR) is 119 cm³/mol. The summed E-state index contributed by atoms with van der Waals surface area (Å²) in [6.45, 7) is 5.02. The van der Waals surface area contributed by atoms with Crippen LogP contribution in [-0.4, -0.2) is 40.8 Å². The van der Waals surface area contributed by atoms with Crippen LogP contribution in [0, 0.1) is 0 Å². The number of pyridine rings is 1. The highest BCUT2D eigenvalue weighted by Gasteiger charge is 2.18. The summed E-state index contributed by atoms with van der Waals surface area (Å²) in [7, 11) is 0. The lowest BCUT2D eigenvalue weighted by Gasteiger charge is -2.11. The zero-order valence-electron chi connectivity index (χ0n) is 17.0. The van der Waals surface area contributed by atoms with Crippen molar-refractivity contribution in [3.63, 3.8) is 0 Å². The molecule has 30 heavy (non-hydrogen) atoms. The van der Waals surface area contributed by atoms with Crippen LogP contribution >= 0.6 is 11.8 Å². The fourth-order valence-corrected chi connectivity index (χ4v) is 3.96. The van der Waals surface area contributed by atoms with Crippen LogP contribution in [0.4, 0.5) is 0 Å². The SMILES string of the molecule is CCn1cc(-c2ccc3nnc([C@@H](C)c4ccc5ncc(SC)cc5c4)n3n2)cn1. The Labute approximate surface area is 178 Å². The van der Waals surface area contributed by atoms with Crippen molar-refractivity contribution in [2.24, 2.45) is 0 Å². The number of fused-ring (bicyclic) bond motifs is 2. The summed E-state index contributed by atoms with van der Waals surface area (Å²) in [6, 6.07) is 12.4. The molecular weight excluding hydrogens is 394 g/mol. The van der Waals surface area contributed by atoms with Gasteiger partial charge in [0.05, 0.1) is 17.4 Å². The van der Waals surface area contributed by atoms with Crippen LogP contribution < -0.4 is 0 Å². The summed E-state index contributed by atoms with van der Waals surface area (Å²) in [5, 5.41) is 19.1. The Morgan fingerprint density at radius 2 is 1.97 bits per heavy atom. The van der Waals surface area contributed by atoms with Crippen molar-refractivity contribution in [2.75, 3.05) is 6.26 Å². The van der Waals surface area contributed by atoms with Gasteiger partial charge in [-0.15, -0.1) is 22.0 Å². The largest absolute Gasteiger partial charge is 0.272 e. The van der Waals surface area contributed by atoms with Crippen molar-refractivity contribution in [3.05, 3.63) is 66.4 Å². The molecule has 150 valence electrons. The Hall–Kier alpha value is -3.26. The van der Waals surface area contributed by atoms with Crippen molar-refractivity contribution >= 4 is 28.3 Å². The summed E-state index contributed by atoms with van der Waals surface area (Å²) in [6.07, 6.45) is 7.81. The van der Waals surface area contributed by atoms with Gasteiger partial charge in [0.1, 0.15) is 0 Å². The van der Waals surface area contributed by atoms with E-state index in [2.05, 4.69) is 64.6 Å². The van der Waals surface area contributed by atoms with Crippen molar-refractivity contribution in [1.29, 1.82) is 0 Å². The maximum atomic E-state index is 4.81. The van der Waals surface area contributed by atoms with Crippen LogP contribution in [0.3, 0.4) is 0 Å². The first kappa shape index (κ1) is 18.7. The molecule has 4 aromatic heterocycles. The molecule has 0 aliphatic carbocycles. The summed E-state index contributed by atoms with van der Waals surface area (Å²) in [4.78, 5) is 5.70. The van der Waals surface area contributed by atoms with Crippen LogP contribution in [0.2, 0.25) is 0 Å². The number of aryl methyl sites for hydroxylation is 1. The average molecular weight is 416 g/mol. The molecule has 7 nitrogen and oxygen atoms in total. The van der Waals surface area contributed by atoms with Gasteiger partial charge < -0.3 is 0 Å². The van der Waals surface area contributed by atoms with Crippen LogP contribution in [0.5, 0.6) is 0 Å². The third-order valence-electron chi connectivity index (χ3n) is 5.34. The molecule has 0 fully saturated rings. The molecule has 5 aromatic rings. The summed E-state index contributed by atoms with van der Waals surface area (Å²) in [5.74, 6) is 0.839. The zero-order chi connectivity index (χ0) is 20.7. The lowest BCUT2D eigenvalue weighted by Crippen LogP contribution is -2.05. The van der Waals surface area contributed by atoms with Crippen LogP contribution in [-0.2, 0) is 6.54 Å². The third-order valence-corrected chi connectivity index (χ3v) is 6.04. The number of aromatic nitrogens is 7. The Bertz CT molecular complexity index is 1350. The van der Waals surface area contributed by atoms with E-state index in [4.69, 9.17) is 5.10 Å². The standard InChI is InChI=1S/C22H21N7S/c1-4-28-13-17(11-24-28)20-7-8-21-25-26-22(29(21)27-20)14(2)15-5-6-19-16(9-15)10-18(30-3)12-23-19/h5-14H,4H2,1-3H3/t14-/m0/s1. The molecule has 1 aromatic carbocycles. The lowest BCUT2D eigenvalue weighted by atomic mass is 9.98. The number of thioether (sulfide) groups is 1. The van der Waals surface area contributed by atoms with Gasteiger partial charge in [-0.25, -0.2) is 0 Å². The quantitative estimate of drug-likeness (QED) is 0.395. The molecule has 0 spiro atoms. The Balaban J connectivity index is 1.56. The lowest BCUT2D eigenvalue weighted by molar-refractivity contribution is 0.660. The molecule has 0 saturated carbocycles. The molecule has 5 rings (SSSR count). The minimum Gasteiger partial charge on any atom is -0.272 e. The first-order valence-corrected chi connectivity index (χ1v) is 11.1. The van der Waals surface area contributed by atoms with Gasteiger partial charge >= 0.3 is 0 Å². The van der Waals surface area contributed by atoms with E-state index in [0.717, 1.165) is 50.6 Å². The molecule has 1 atom stereocenters. The molecule has 0 aliphatic rings. The van der Waals surface area contributed by atoms with Crippen LogP contribution in [0.15, 0.2) is 59.9 Å². The average Bonchev–Trinajstić information content (AvgIpc) is 3.44. The zero-order valence-corrected chi connectivity index (χ0v) is 17.8. The summed E-state index contributed by atoms with van der Waals surface area (Å²) in [5.41, 5.74) is 4.71. The van der Waals surface area contributed by atoms with Gasteiger partial charge in [0, 0.05) is 40.7 Å². The molecule has 0 unspecified atom stereocenters. The normalized spacial score (nSPS) is 12.6. The van der Waals surface area contributed by atoms with Crippen molar-refractivity contribution in [2.45, 2.75) is 31.2 Å². The van der Waals surface area contributed by atoms with Gasteiger partial charge in [-0.3, -0.25) is 9.67 Å². The van der Waals surface area contributed by atoms with E-state index in [-0.39, 0.29) is 5.92 Å². The molecule has 0 bridgehead atoms. The molecule has 0 radical (unpaired) electrons. The van der Waals surface area contributed by atoms with Gasteiger partial charge in [-0.2, -0.15) is 14.7 Å². The number of hydrogen-bond donors (Lipinski definition) is 0. The summed E-state index contributed by atoms with van der Waals surface area (Å²) < 4.78 is 3.73. The number of rotatable bonds is 5. The van der Waals surface area contributed by atoms with Gasteiger partial charge in [-0.1, -0.05) is 13.0 Å². The van der Waals surface area contributed by atoms with Gasteiger partial charge in [-0.05, 0) is 49.1 Å². The minimum atomic E-state index is 0.0310. The second-order valence-electron chi connectivity index (χ2n) is 7.18. The van der Waals surface area contributed by atoms with E-state index in [1.807, 2.05) is 39.9 Å². The van der Waals surface area contributed by atoms with Gasteiger partial charge in [0.25, 0.3) is 0 Å². The monoisotopic (exact) mass is 415 g/mol. The molecule has 4 heterocycles. The molecule has 0 amide bonds. The highest BCUT2D eigenvalue weighted by atomic mass is 32.2. The second kappa shape index (κ2) is 7.53. The van der Waals surface area contributed by atoms with E-state index in [1.54, 1.807) is 11.8 Å². The highest BCUT2D eigenvalue weighted by molar-refractivity contribution is 7.98. The number of nitrogens with zero attached hydrogens (tertiary/aromatic N) is 7. The number of hydrogen-bond acceptors (Lipinski definition) is 6. The fraction of sp³-hybridized carbons (Fsp3) is 0.227. The van der Waals surface area contributed by atoms with E-state index in [1.165, 1.54) is 0 Å². The Morgan fingerprint density at radius 1 is 1.07 bits per heavy atom. The van der Waals surface area contributed by atoms with E-state index in [0.29, 0.717) is 0 Å². The Morgan fingerprint density at radius 3 is 2.77 bits per heavy atom. The van der Waals surface area contributed by atoms with Crippen LogP contribution in [0.1, 0.15) is 31.2 Å². The second-order valence-corrected chi connectivity index (χ2v) is 8.06. The highest BCUT2D eigenvalue weighted by Crippen LogP contribution is 2.28. The van der Waals surface area contributed by atoms with Crippen molar-refractivity contribution in [1.82, 2.24) is 34.6 Å². The van der Waals surface area contributed by atoms with E-state index >= 15 is 0 Å². The van der Waals surface area contributed by atoms with Crippen molar-refractivity contribution in [3.8, 4) is 11.3 Å². The molecular formula is C22H21N7S. The molecule has 0 saturated heterocycles. The first-order valence-electron chi connectivity index (χ1n) is 9.85. The molecule has 0 aliphatic heterocycles. The third kappa shape index (κ3) is 3.23. The first-order chi connectivity index (χ1) is 14.7. The summed E-state index contributed by atoms with van der Waals surface area (Å²) >= 11 is 1.69. The minimum absolute atomic E-state index is 0.0310. The van der Waals surface area contributed by atoms with Crippen molar-refractivity contribution < 1.29 is 0 Å². The van der Waals surface area contributed by atoms with E-state index < -0.39 is 0 Å². The Kier molecular flexibility index (Phi) is 4.71. The maximum Gasteiger partial charge on any atom is 0.177 e. The topological polar surface area (TPSA) is 73.8 Å². The van der Waals surface area contributed by atoms with Gasteiger partial charge in [0.2, 0.25) is 0 Å². The van der Waals surface area contributed by atoms with E-state index in [9.17, 15) is 0 Å². The molecule has 8 heteroatoms. The number of benzene rings is 1. The predicted octanol–water partition coefficient (Wildman–Crippen LogP) is 4.43. The fourth-order valence-electron chi connectivity index (χ4n) is 3.56. The molecule has 0 N–H and O–H groups in total. The smallest absolute Gasteiger partial charge is 0.177 e.